The first-order valence-corrected chi connectivity index (χ1v) is 5.58. The van der Waals surface area contributed by atoms with E-state index < -0.39 is 5.82 Å². The number of hydrogen-bond donors (Lipinski definition) is 1. The SMILES string of the molecule is OCc1cnc(-c2cc(Cl)ccc2Cl)c(F)c1. The van der Waals surface area contributed by atoms with E-state index in [0.29, 0.717) is 21.2 Å². The fourth-order valence-electron chi connectivity index (χ4n) is 1.44. The van der Waals surface area contributed by atoms with Gasteiger partial charge in [0.2, 0.25) is 0 Å². The van der Waals surface area contributed by atoms with Crippen LogP contribution in [-0.4, -0.2) is 10.1 Å². The predicted molar refractivity (Wildman–Crippen MR) is 65.6 cm³/mol. The average molecular weight is 272 g/mol. The first-order valence-electron chi connectivity index (χ1n) is 4.82. The van der Waals surface area contributed by atoms with Gasteiger partial charge in [0.25, 0.3) is 0 Å². The van der Waals surface area contributed by atoms with Gasteiger partial charge in [-0.3, -0.25) is 4.98 Å². The van der Waals surface area contributed by atoms with Crippen molar-refractivity contribution in [2.75, 3.05) is 0 Å². The third-order valence-electron chi connectivity index (χ3n) is 2.26. The lowest BCUT2D eigenvalue weighted by molar-refractivity contribution is 0.280. The van der Waals surface area contributed by atoms with Crippen molar-refractivity contribution in [2.24, 2.45) is 0 Å². The number of aliphatic hydroxyl groups excluding tert-OH is 1. The van der Waals surface area contributed by atoms with Crippen molar-refractivity contribution in [1.82, 2.24) is 4.98 Å². The van der Waals surface area contributed by atoms with Crippen molar-refractivity contribution in [3.8, 4) is 11.3 Å². The van der Waals surface area contributed by atoms with Crippen LogP contribution in [0.4, 0.5) is 4.39 Å². The van der Waals surface area contributed by atoms with Crippen LogP contribution < -0.4 is 0 Å². The number of halogens is 3. The third-order valence-corrected chi connectivity index (χ3v) is 2.83. The fraction of sp³-hybridized carbons (Fsp3) is 0.0833. The van der Waals surface area contributed by atoms with Gasteiger partial charge in [0.05, 0.1) is 11.6 Å². The van der Waals surface area contributed by atoms with Crippen LogP contribution >= 0.6 is 23.2 Å². The molecule has 2 rings (SSSR count). The molecule has 0 aliphatic rings. The van der Waals surface area contributed by atoms with Gasteiger partial charge in [-0.2, -0.15) is 0 Å². The summed E-state index contributed by atoms with van der Waals surface area (Å²) in [6.07, 6.45) is 1.40. The van der Waals surface area contributed by atoms with E-state index in [9.17, 15) is 4.39 Å². The van der Waals surface area contributed by atoms with Gasteiger partial charge in [-0.1, -0.05) is 23.2 Å². The zero-order chi connectivity index (χ0) is 12.4. The third kappa shape index (κ3) is 2.57. The molecule has 0 bridgehead atoms. The van der Waals surface area contributed by atoms with Gasteiger partial charge in [-0.25, -0.2) is 4.39 Å². The van der Waals surface area contributed by atoms with Gasteiger partial charge >= 0.3 is 0 Å². The Kier molecular flexibility index (Phi) is 3.62. The van der Waals surface area contributed by atoms with Gasteiger partial charge in [0, 0.05) is 16.8 Å². The van der Waals surface area contributed by atoms with Crippen molar-refractivity contribution in [1.29, 1.82) is 0 Å². The number of nitrogens with zero attached hydrogens (tertiary/aromatic N) is 1. The highest BCUT2D eigenvalue weighted by Crippen LogP contribution is 2.30. The molecule has 88 valence electrons. The van der Waals surface area contributed by atoms with E-state index in [4.69, 9.17) is 28.3 Å². The number of aromatic nitrogens is 1. The lowest BCUT2D eigenvalue weighted by atomic mass is 10.1. The summed E-state index contributed by atoms with van der Waals surface area (Å²) in [7, 11) is 0. The molecule has 2 nitrogen and oxygen atoms in total. The molecule has 2 aromatic rings. The summed E-state index contributed by atoms with van der Waals surface area (Å²) in [5.74, 6) is -0.541. The lowest BCUT2D eigenvalue weighted by Crippen LogP contribution is -1.94. The fourth-order valence-corrected chi connectivity index (χ4v) is 1.82. The maximum Gasteiger partial charge on any atom is 0.149 e. The molecule has 0 unspecified atom stereocenters. The van der Waals surface area contributed by atoms with E-state index in [1.807, 2.05) is 0 Å². The molecule has 0 atom stereocenters. The standard InChI is InChI=1S/C12H8Cl2FNO/c13-8-1-2-10(14)9(4-8)12-11(15)3-7(6-17)5-16-12/h1-5,17H,6H2. The molecule has 0 spiro atoms. The minimum absolute atomic E-state index is 0.120. The smallest absolute Gasteiger partial charge is 0.149 e. The zero-order valence-electron chi connectivity index (χ0n) is 8.62. The molecule has 5 heteroatoms. The van der Waals surface area contributed by atoms with Crippen molar-refractivity contribution >= 4 is 23.2 Å². The van der Waals surface area contributed by atoms with Crippen molar-refractivity contribution in [3.63, 3.8) is 0 Å². The summed E-state index contributed by atoms with van der Waals surface area (Å²) >= 11 is 11.8. The van der Waals surface area contributed by atoms with Crippen LogP contribution in [0.3, 0.4) is 0 Å². The molecule has 0 amide bonds. The van der Waals surface area contributed by atoms with Gasteiger partial charge in [-0.05, 0) is 29.8 Å². The predicted octanol–water partition coefficient (Wildman–Crippen LogP) is 3.69. The van der Waals surface area contributed by atoms with Crippen LogP contribution in [0.1, 0.15) is 5.56 Å². The zero-order valence-corrected chi connectivity index (χ0v) is 10.1. The molecule has 1 N–H and O–H groups in total. The highest BCUT2D eigenvalue weighted by atomic mass is 35.5. The lowest BCUT2D eigenvalue weighted by Gasteiger charge is -2.06. The molecule has 0 aliphatic carbocycles. The van der Waals surface area contributed by atoms with Crippen LogP contribution in [0.25, 0.3) is 11.3 Å². The first-order chi connectivity index (χ1) is 8.11. The minimum atomic E-state index is -0.541. The van der Waals surface area contributed by atoms with Crippen molar-refractivity contribution < 1.29 is 9.50 Å². The number of aliphatic hydroxyl groups is 1. The monoisotopic (exact) mass is 271 g/mol. The maximum atomic E-state index is 13.8. The van der Waals surface area contributed by atoms with Gasteiger partial charge in [0.15, 0.2) is 0 Å². The summed E-state index contributed by atoms with van der Waals surface area (Å²) in [4.78, 5) is 3.94. The normalized spacial score (nSPS) is 10.6. The molecular weight excluding hydrogens is 264 g/mol. The summed E-state index contributed by atoms with van der Waals surface area (Å²) in [6.45, 7) is -0.256. The van der Waals surface area contributed by atoms with E-state index >= 15 is 0 Å². The second-order valence-electron chi connectivity index (χ2n) is 3.46. The molecule has 1 aromatic heterocycles. The van der Waals surface area contributed by atoms with Gasteiger partial charge in [0.1, 0.15) is 11.5 Å². The van der Waals surface area contributed by atoms with Gasteiger partial charge < -0.3 is 5.11 Å². The summed E-state index contributed by atoms with van der Waals surface area (Å²) in [5.41, 5.74) is 0.959. The van der Waals surface area contributed by atoms with Crippen LogP contribution in [0, 0.1) is 5.82 Å². The molecule has 1 aromatic carbocycles. The van der Waals surface area contributed by atoms with E-state index in [2.05, 4.69) is 4.98 Å². The van der Waals surface area contributed by atoms with E-state index in [0.717, 1.165) is 0 Å². The van der Waals surface area contributed by atoms with E-state index in [1.165, 1.54) is 12.3 Å². The minimum Gasteiger partial charge on any atom is -0.392 e. The number of benzene rings is 1. The molecule has 0 aliphatic heterocycles. The van der Waals surface area contributed by atoms with Gasteiger partial charge in [-0.15, -0.1) is 0 Å². The molecule has 0 saturated carbocycles. The summed E-state index contributed by atoms with van der Waals surface area (Å²) in [5, 5.41) is 9.70. The number of pyridine rings is 1. The van der Waals surface area contributed by atoms with Crippen LogP contribution in [0.5, 0.6) is 0 Å². The Morgan fingerprint density at radius 2 is 2.00 bits per heavy atom. The Bertz CT molecular complexity index is 560. The summed E-state index contributed by atoms with van der Waals surface area (Å²) < 4.78 is 13.8. The van der Waals surface area contributed by atoms with Crippen LogP contribution in [-0.2, 0) is 6.61 Å². The average Bonchev–Trinajstić information content (AvgIpc) is 2.32. The molecule has 0 fully saturated rings. The van der Waals surface area contributed by atoms with Crippen LogP contribution in [0.2, 0.25) is 10.0 Å². The largest absolute Gasteiger partial charge is 0.392 e. The molecule has 0 radical (unpaired) electrons. The highest BCUT2D eigenvalue weighted by Gasteiger charge is 2.11. The Balaban J connectivity index is 2.56. The van der Waals surface area contributed by atoms with E-state index in [1.54, 1.807) is 18.2 Å². The second-order valence-corrected chi connectivity index (χ2v) is 4.30. The molecular formula is C12H8Cl2FNO. The topological polar surface area (TPSA) is 33.1 Å². The Labute approximate surface area is 108 Å². The van der Waals surface area contributed by atoms with Crippen LogP contribution in [0.15, 0.2) is 30.5 Å². The maximum absolute atomic E-state index is 13.8. The molecule has 1 heterocycles. The number of hydrogen-bond acceptors (Lipinski definition) is 2. The Hall–Kier alpha value is -1.16. The Morgan fingerprint density at radius 1 is 1.24 bits per heavy atom. The summed E-state index contributed by atoms with van der Waals surface area (Å²) in [6, 6.07) is 5.97. The Morgan fingerprint density at radius 3 is 2.65 bits per heavy atom. The van der Waals surface area contributed by atoms with E-state index in [-0.39, 0.29) is 12.3 Å². The second kappa shape index (κ2) is 5.00. The van der Waals surface area contributed by atoms with Crippen molar-refractivity contribution in [2.45, 2.75) is 6.61 Å². The molecule has 0 saturated heterocycles. The quantitative estimate of drug-likeness (QED) is 0.904. The first kappa shape index (κ1) is 12.3. The van der Waals surface area contributed by atoms with Crippen molar-refractivity contribution in [3.05, 3.63) is 51.9 Å². The number of rotatable bonds is 2. The highest BCUT2D eigenvalue weighted by molar-refractivity contribution is 6.35. The molecule has 17 heavy (non-hydrogen) atoms.